The smallest absolute Gasteiger partial charge is 0.304 e. The molecule has 1 aromatic carbocycles. The number of nitrogens with zero attached hydrogens (tertiary/aromatic N) is 1. The molecule has 0 spiro atoms. The van der Waals surface area contributed by atoms with Crippen molar-refractivity contribution in [2.24, 2.45) is 0 Å². The zero-order valence-corrected chi connectivity index (χ0v) is 13.0. The fraction of sp³-hybridized carbons (Fsp3) is 0.533. The van der Waals surface area contributed by atoms with Crippen LogP contribution >= 0.6 is 23.4 Å². The summed E-state index contributed by atoms with van der Waals surface area (Å²) >= 11 is 7.84. The first-order valence-corrected chi connectivity index (χ1v) is 8.36. The van der Waals surface area contributed by atoms with Crippen molar-refractivity contribution in [3.63, 3.8) is 0 Å². The van der Waals surface area contributed by atoms with Crippen LogP contribution in [0.4, 0.5) is 0 Å². The van der Waals surface area contributed by atoms with E-state index in [0.29, 0.717) is 11.8 Å². The number of carbonyl (C=O) groups is 1. The summed E-state index contributed by atoms with van der Waals surface area (Å²) in [7, 11) is 0. The molecule has 2 rings (SSSR count). The summed E-state index contributed by atoms with van der Waals surface area (Å²) in [5, 5.41) is 10.1. The Balaban J connectivity index is 1.75. The Labute approximate surface area is 129 Å². The van der Waals surface area contributed by atoms with Gasteiger partial charge in [-0.1, -0.05) is 23.7 Å². The monoisotopic (exact) mass is 313 g/mol. The minimum Gasteiger partial charge on any atom is -0.481 e. The second-order valence-corrected chi connectivity index (χ2v) is 6.87. The van der Waals surface area contributed by atoms with E-state index in [-0.39, 0.29) is 6.42 Å². The number of piperidine rings is 1. The molecule has 5 heteroatoms. The van der Waals surface area contributed by atoms with Gasteiger partial charge in [0.2, 0.25) is 0 Å². The van der Waals surface area contributed by atoms with Crippen LogP contribution in [-0.4, -0.2) is 40.9 Å². The molecule has 0 saturated carbocycles. The van der Waals surface area contributed by atoms with Crippen LogP contribution < -0.4 is 0 Å². The highest BCUT2D eigenvalue weighted by molar-refractivity contribution is 7.99. The molecule has 0 aliphatic carbocycles. The lowest BCUT2D eigenvalue weighted by atomic mass is 10.1. The van der Waals surface area contributed by atoms with Crippen LogP contribution in [0.5, 0.6) is 0 Å². The summed E-state index contributed by atoms with van der Waals surface area (Å²) in [6.07, 6.45) is 2.63. The third-order valence-electron chi connectivity index (χ3n) is 3.50. The highest BCUT2D eigenvalue weighted by Crippen LogP contribution is 2.26. The van der Waals surface area contributed by atoms with Gasteiger partial charge in [-0.2, -0.15) is 11.8 Å². The minimum atomic E-state index is -0.707. The van der Waals surface area contributed by atoms with Crippen LogP contribution in [0.1, 0.15) is 24.8 Å². The van der Waals surface area contributed by atoms with Crippen LogP contribution in [0.25, 0.3) is 0 Å². The molecule has 1 aliphatic rings. The largest absolute Gasteiger partial charge is 0.481 e. The van der Waals surface area contributed by atoms with E-state index in [1.165, 1.54) is 12.0 Å². The molecule has 1 saturated heterocycles. The second-order valence-electron chi connectivity index (χ2n) is 5.15. The number of aliphatic carboxylic acids is 1. The van der Waals surface area contributed by atoms with Crippen molar-refractivity contribution in [1.82, 2.24) is 4.90 Å². The van der Waals surface area contributed by atoms with Gasteiger partial charge in [0.25, 0.3) is 0 Å². The molecule has 1 atom stereocenters. The van der Waals surface area contributed by atoms with Crippen molar-refractivity contribution < 1.29 is 9.90 Å². The van der Waals surface area contributed by atoms with E-state index >= 15 is 0 Å². The molecule has 1 unspecified atom stereocenters. The first-order valence-electron chi connectivity index (χ1n) is 6.93. The number of thioether (sulfide) groups is 1. The van der Waals surface area contributed by atoms with Gasteiger partial charge in [-0.3, -0.25) is 4.79 Å². The Morgan fingerprint density at radius 2 is 2.15 bits per heavy atom. The number of rotatable bonds is 6. The van der Waals surface area contributed by atoms with Crippen molar-refractivity contribution in [2.75, 3.05) is 19.6 Å². The number of hydrogen-bond acceptors (Lipinski definition) is 3. The Bertz CT molecular complexity index is 438. The highest BCUT2D eigenvalue weighted by atomic mass is 35.5. The number of hydrogen-bond donors (Lipinski definition) is 1. The molecule has 3 nitrogen and oxygen atoms in total. The van der Waals surface area contributed by atoms with Gasteiger partial charge in [-0.25, -0.2) is 0 Å². The third-order valence-corrected chi connectivity index (χ3v) is 5.11. The van der Waals surface area contributed by atoms with Gasteiger partial charge in [0.1, 0.15) is 0 Å². The molecule has 0 radical (unpaired) electrons. The summed E-state index contributed by atoms with van der Waals surface area (Å²) < 4.78 is 0. The summed E-state index contributed by atoms with van der Waals surface area (Å²) in [5.74, 6) is 0.287. The van der Waals surface area contributed by atoms with E-state index < -0.39 is 5.97 Å². The van der Waals surface area contributed by atoms with Gasteiger partial charge in [-0.15, -0.1) is 0 Å². The van der Waals surface area contributed by atoms with Gasteiger partial charge in [-0.05, 0) is 37.1 Å². The van der Waals surface area contributed by atoms with Crippen molar-refractivity contribution in [3.8, 4) is 0 Å². The van der Waals surface area contributed by atoms with Crippen molar-refractivity contribution in [2.45, 2.75) is 30.3 Å². The SMILES string of the molecule is O=C(O)CCN1CCCC(SCc2ccc(Cl)cc2)C1. The Morgan fingerprint density at radius 1 is 1.40 bits per heavy atom. The van der Waals surface area contributed by atoms with Crippen molar-refractivity contribution in [1.29, 1.82) is 0 Å². The molecular formula is C15H20ClNO2S. The quantitative estimate of drug-likeness (QED) is 0.872. The maximum atomic E-state index is 10.6. The van der Waals surface area contributed by atoms with Crippen molar-refractivity contribution in [3.05, 3.63) is 34.9 Å². The lowest BCUT2D eigenvalue weighted by molar-refractivity contribution is -0.137. The molecule has 1 aliphatic heterocycles. The predicted molar refractivity (Wildman–Crippen MR) is 84.5 cm³/mol. The minimum absolute atomic E-state index is 0.245. The molecule has 0 bridgehead atoms. The van der Waals surface area contributed by atoms with Gasteiger partial charge in [0.05, 0.1) is 6.42 Å². The first-order chi connectivity index (χ1) is 9.63. The van der Waals surface area contributed by atoms with Crippen LogP contribution in [0, 0.1) is 0 Å². The van der Waals surface area contributed by atoms with Gasteiger partial charge >= 0.3 is 5.97 Å². The number of likely N-dealkylation sites (tertiary alicyclic amines) is 1. The van der Waals surface area contributed by atoms with E-state index in [0.717, 1.165) is 30.3 Å². The van der Waals surface area contributed by atoms with E-state index in [1.54, 1.807) is 0 Å². The third kappa shape index (κ3) is 5.35. The zero-order valence-electron chi connectivity index (χ0n) is 11.4. The Kier molecular flexibility index (Phi) is 6.20. The summed E-state index contributed by atoms with van der Waals surface area (Å²) in [5.41, 5.74) is 1.29. The van der Waals surface area contributed by atoms with Crippen LogP contribution in [0.3, 0.4) is 0 Å². The first kappa shape index (κ1) is 15.7. The van der Waals surface area contributed by atoms with Gasteiger partial charge < -0.3 is 10.0 Å². The number of benzene rings is 1. The molecule has 0 aromatic heterocycles. The topological polar surface area (TPSA) is 40.5 Å². The number of halogens is 1. The average molecular weight is 314 g/mol. The van der Waals surface area contributed by atoms with E-state index in [1.807, 2.05) is 23.9 Å². The lowest BCUT2D eigenvalue weighted by Crippen LogP contribution is -2.38. The number of carboxylic acids is 1. The van der Waals surface area contributed by atoms with E-state index in [9.17, 15) is 4.79 Å². The fourth-order valence-electron chi connectivity index (χ4n) is 2.40. The van der Waals surface area contributed by atoms with E-state index in [2.05, 4.69) is 17.0 Å². The van der Waals surface area contributed by atoms with Gasteiger partial charge in [0, 0.05) is 29.1 Å². The highest BCUT2D eigenvalue weighted by Gasteiger charge is 2.20. The summed E-state index contributed by atoms with van der Waals surface area (Å²) in [4.78, 5) is 12.9. The zero-order chi connectivity index (χ0) is 14.4. The standard InChI is InChI=1S/C15H20ClNO2S/c16-13-5-3-12(4-6-13)11-20-14-2-1-8-17(10-14)9-7-15(18)19/h3-6,14H,1-2,7-11H2,(H,18,19). The molecule has 1 fully saturated rings. The second kappa shape index (κ2) is 7.91. The molecule has 20 heavy (non-hydrogen) atoms. The lowest BCUT2D eigenvalue weighted by Gasteiger charge is -2.32. The average Bonchev–Trinajstić information content (AvgIpc) is 2.45. The Morgan fingerprint density at radius 3 is 2.85 bits per heavy atom. The maximum absolute atomic E-state index is 10.6. The predicted octanol–water partition coefficient (Wildman–Crippen LogP) is 3.51. The van der Waals surface area contributed by atoms with Crippen molar-refractivity contribution >= 4 is 29.3 Å². The fourth-order valence-corrected chi connectivity index (χ4v) is 3.80. The van der Waals surface area contributed by atoms with Gasteiger partial charge in [0.15, 0.2) is 0 Å². The van der Waals surface area contributed by atoms with Crippen LogP contribution in [0.15, 0.2) is 24.3 Å². The molecular weight excluding hydrogens is 294 g/mol. The number of carboxylic acid groups (broad SMARTS) is 1. The normalized spacial score (nSPS) is 19.9. The summed E-state index contributed by atoms with van der Waals surface area (Å²) in [6, 6.07) is 8.00. The van der Waals surface area contributed by atoms with Crippen LogP contribution in [-0.2, 0) is 10.5 Å². The Hall–Kier alpha value is -0.710. The molecule has 1 N–H and O–H groups in total. The molecule has 110 valence electrons. The molecule has 0 amide bonds. The molecule has 1 aromatic rings. The van der Waals surface area contributed by atoms with Crippen LogP contribution in [0.2, 0.25) is 5.02 Å². The molecule has 1 heterocycles. The summed E-state index contributed by atoms with van der Waals surface area (Å²) in [6.45, 7) is 2.71. The maximum Gasteiger partial charge on any atom is 0.304 e. The van der Waals surface area contributed by atoms with E-state index in [4.69, 9.17) is 16.7 Å².